The van der Waals surface area contributed by atoms with Crippen molar-refractivity contribution in [1.29, 1.82) is 0 Å². The molecule has 2 aliphatic rings. The number of aliphatic hydroxyl groups is 1. The summed E-state index contributed by atoms with van der Waals surface area (Å²) in [6.07, 6.45) is 7.39. The number of imidazole rings is 1. The zero-order chi connectivity index (χ0) is 23.4. The minimum atomic E-state index is -0.742. The number of rotatable bonds is 6. The highest BCUT2D eigenvalue weighted by Gasteiger charge is 2.34. The van der Waals surface area contributed by atoms with Crippen molar-refractivity contribution in [2.45, 2.75) is 56.7 Å². The molecule has 1 aliphatic heterocycles. The Bertz CT molecular complexity index is 1090. The normalized spacial score (nSPS) is 20.3. The van der Waals surface area contributed by atoms with Crippen molar-refractivity contribution in [1.82, 2.24) is 19.8 Å². The average molecular weight is 459 g/mol. The first-order chi connectivity index (χ1) is 16.6. The molecule has 1 atom stereocenters. The molecule has 2 heterocycles. The summed E-state index contributed by atoms with van der Waals surface area (Å²) < 4.78 is 2.00. The number of piperazine rings is 1. The number of hydrogen-bond donors (Lipinski definition) is 2. The summed E-state index contributed by atoms with van der Waals surface area (Å²) in [7, 11) is 0. The third kappa shape index (κ3) is 4.93. The van der Waals surface area contributed by atoms with Crippen LogP contribution in [-0.4, -0.2) is 56.7 Å². The van der Waals surface area contributed by atoms with Crippen LogP contribution in [0.5, 0.6) is 0 Å². The molecule has 5 rings (SSSR count). The number of nitrogens with one attached hydrogen (secondary N) is 1. The molecule has 6 nitrogen and oxygen atoms in total. The zero-order valence-corrected chi connectivity index (χ0v) is 19.7. The Hall–Kier alpha value is -2.96. The maximum absolute atomic E-state index is 13.9. The smallest absolute Gasteiger partial charge is 0.275 e. The second-order valence-corrected chi connectivity index (χ2v) is 9.77. The van der Waals surface area contributed by atoms with Gasteiger partial charge in [0.25, 0.3) is 5.91 Å². The first-order valence-electron chi connectivity index (χ1n) is 12.5. The van der Waals surface area contributed by atoms with E-state index in [-0.39, 0.29) is 11.9 Å². The topological polar surface area (TPSA) is 70.4 Å². The molecule has 1 saturated heterocycles. The largest absolute Gasteiger partial charge is 0.388 e. The van der Waals surface area contributed by atoms with Gasteiger partial charge in [0, 0.05) is 31.2 Å². The molecule has 178 valence electrons. The fourth-order valence-corrected chi connectivity index (χ4v) is 5.48. The molecule has 0 bridgehead atoms. The van der Waals surface area contributed by atoms with E-state index < -0.39 is 5.60 Å². The fourth-order valence-electron chi connectivity index (χ4n) is 5.48. The summed E-state index contributed by atoms with van der Waals surface area (Å²) in [5.41, 5.74) is 2.72. The predicted molar refractivity (Wildman–Crippen MR) is 134 cm³/mol. The number of carbonyl (C=O) groups is 1. The van der Waals surface area contributed by atoms with Gasteiger partial charge >= 0.3 is 0 Å². The molecule has 2 N–H and O–H groups in total. The van der Waals surface area contributed by atoms with E-state index in [2.05, 4.69) is 22.4 Å². The summed E-state index contributed by atoms with van der Waals surface area (Å²) in [5, 5.41) is 14.7. The molecule has 1 amide bonds. The lowest BCUT2D eigenvalue weighted by molar-refractivity contribution is -0.0111. The molecule has 2 fully saturated rings. The van der Waals surface area contributed by atoms with Crippen molar-refractivity contribution < 1.29 is 9.90 Å². The van der Waals surface area contributed by atoms with Crippen molar-refractivity contribution in [2.75, 3.05) is 19.6 Å². The molecule has 3 aromatic rings. The predicted octanol–water partition coefficient (Wildman–Crippen LogP) is 3.90. The van der Waals surface area contributed by atoms with Crippen LogP contribution in [0.2, 0.25) is 0 Å². The summed E-state index contributed by atoms with van der Waals surface area (Å²) >= 11 is 0. The van der Waals surface area contributed by atoms with Gasteiger partial charge in [-0.15, -0.1) is 0 Å². The molecule has 34 heavy (non-hydrogen) atoms. The van der Waals surface area contributed by atoms with Gasteiger partial charge in [-0.05, 0) is 24.8 Å². The number of nitrogens with zero attached hydrogens (tertiary/aromatic N) is 3. The van der Waals surface area contributed by atoms with Gasteiger partial charge in [0.2, 0.25) is 0 Å². The average Bonchev–Trinajstić information content (AvgIpc) is 3.28. The van der Waals surface area contributed by atoms with E-state index in [9.17, 15) is 9.90 Å². The van der Waals surface area contributed by atoms with Gasteiger partial charge in [0.15, 0.2) is 5.69 Å². The Balaban J connectivity index is 1.47. The van der Waals surface area contributed by atoms with E-state index in [1.807, 2.05) is 58.0 Å². The van der Waals surface area contributed by atoms with Crippen molar-refractivity contribution in [3.8, 4) is 11.3 Å². The molecule has 0 unspecified atom stereocenters. The first kappa shape index (κ1) is 22.8. The van der Waals surface area contributed by atoms with Crippen LogP contribution in [-0.2, 0) is 13.0 Å². The molecule has 0 spiro atoms. The second-order valence-electron chi connectivity index (χ2n) is 9.77. The van der Waals surface area contributed by atoms with Crippen LogP contribution >= 0.6 is 0 Å². The summed E-state index contributed by atoms with van der Waals surface area (Å²) in [4.78, 5) is 20.6. The van der Waals surface area contributed by atoms with E-state index in [1.54, 1.807) is 6.33 Å². The Morgan fingerprint density at radius 3 is 2.47 bits per heavy atom. The van der Waals surface area contributed by atoms with Crippen LogP contribution in [0.15, 0.2) is 67.0 Å². The van der Waals surface area contributed by atoms with Gasteiger partial charge < -0.3 is 19.9 Å². The number of amides is 1. The lowest BCUT2D eigenvalue weighted by Crippen LogP contribution is -2.54. The van der Waals surface area contributed by atoms with E-state index in [4.69, 9.17) is 0 Å². The van der Waals surface area contributed by atoms with Gasteiger partial charge in [-0.1, -0.05) is 79.9 Å². The number of aromatic nitrogens is 2. The first-order valence-corrected chi connectivity index (χ1v) is 12.5. The van der Waals surface area contributed by atoms with Crippen molar-refractivity contribution >= 4 is 5.91 Å². The number of hydrogen-bond acceptors (Lipinski definition) is 4. The summed E-state index contributed by atoms with van der Waals surface area (Å²) in [6.45, 7) is 2.66. The molecule has 6 heteroatoms. The molecule has 2 aromatic carbocycles. The minimum absolute atomic E-state index is 0.0318. The monoisotopic (exact) mass is 458 g/mol. The maximum Gasteiger partial charge on any atom is 0.275 e. The SMILES string of the molecule is O=C(c1ncn(CC2(O)CCCCC2)c1-c1ccccc1)N1CCNC[C@H]1Cc1ccccc1. The maximum atomic E-state index is 13.9. The second kappa shape index (κ2) is 10.1. The van der Waals surface area contributed by atoms with Crippen LogP contribution in [0.4, 0.5) is 0 Å². The molecular weight excluding hydrogens is 424 g/mol. The number of benzene rings is 2. The van der Waals surface area contributed by atoms with Gasteiger partial charge in [-0.2, -0.15) is 0 Å². The summed E-state index contributed by atoms with van der Waals surface area (Å²) in [5.74, 6) is -0.0318. The van der Waals surface area contributed by atoms with Crippen LogP contribution in [0.1, 0.15) is 48.2 Å². The van der Waals surface area contributed by atoms with Gasteiger partial charge in [0.05, 0.1) is 24.2 Å². The van der Waals surface area contributed by atoms with E-state index in [0.29, 0.717) is 18.8 Å². The van der Waals surface area contributed by atoms with Crippen molar-refractivity contribution in [3.05, 3.63) is 78.2 Å². The zero-order valence-electron chi connectivity index (χ0n) is 19.7. The molecule has 1 aliphatic carbocycles. The molecular formula is C28H34N4O2. The lowest BCUT2D eigenvalue weighted by atomic mass is 9.84. The quantitative estimate of drug-likeness (QED) is 0.588. The Labute approximate surface area is 201 Å². The third-order valence-corrected chi connectivity index (χ3v) is 7.26. The highest BCUT2D eigenvalue weighted by Crippen LogP contribution is 2.33. The Kier molecular flexibility index (Phi) is 6.79. The van der Waals surface area contributed by atoms with E-state index >= 15 is 0 Å². The third-order valence-electron chi connectivity index (χ3n) is 7.26. The molecule has 1 aromatic heterocycles. The fraction of sp³-hybridized carbons (Fsp3) is 0.429. The minimum Gasteiger partial charge on any atom is -0.388 e. The summed E-state index contributed by atoms with van der Waals surface area (Å²) in [6, 6.07) is 20.4. The van der Waals surface area contributed by atoms with Gasteiger partial charge in [0.1, 0.15) is 0 Å². The van der Waals surface area contributed by atoms with Crippen molar-refractivity contribution in [3.63, 3.8) is 0 Å². The highest BCUT2D eigenvalue weighted by atomic mass is 16.3. The van der Waals surface area contributed by atoms with Gasteiger partial charge in [-0.3, -0.25) is 4.79 Å². The lowest BCUT2D eigenvalue weighted by Gasteiger charge is -2.36. The number of carbonyl (C=O) groups excluding carboxylic acids is 1. The standard InChI is InChI=1S/C28H34N4O2/c33-27(32-17-16-29-19-24(32)18-22-10-4-1-5-11-22)25-26(23-12-6-2-7-13-23)31(21-30-25)20-28(34)14-8-3-9-15-28/h1-2,4-7,10-13,21,24,29,34H,3,8-9,14-20H2/t24-/m1/s1. The molecule has 1 saturated carbocycles. The molecule has 0 radical (unpaired) electrons. The van der Waals surface area contributed by atoms with E-state index in [1.165, 1.54) is 12.0 Å². The Morgan fingerprint density at radius 1 is 1.03 bits per heavy atom. The van der Waals surface area contributed by atoms with E-state index in [0.717, 1.165) is 56.5 Å². The van der Waals surface area contributed by atoms with Crippen LogP contribution in [0, 0.1) is 0 Å². The Morgan fingerprint density at radius 2 is 1.74 bits per heavy atom. The highest BCUT2D eigenvalue weighted by molar-refractivity contribution is 5.98. The van der Waals surface area contributed by atoms with Crippen LogP contribution in [0.25, 0.3) is 11.3 Å². The van der Waals surface area contributed by atoms with Crippen LogP contribution < -0.4 is 5.32 Å². The van der Waals surface area contributed by atoms with Gasteiger partial charge in [-0.25, -0.2) is 4.98 Å². The van der Waals surface area contributed by atoms with Crippen molar-refractivity contribution in [2.24, 2.45) is 0 Å². The van der Waals surface area contributed by atoms with Crippen LogP contribution in [0.3, 0.4) is 0 Å².